The molecule has 2 heterocycles. The number of aromatic nitrogens is 3. The number of hydrogen-bond acceptors (Lipinski definition) is 4. The molecule has 0 N–H and O–H groups in total. The lowest BCUT2D eigenvalue weighted by Gasteiger charge is -2.03. The van der Waals surface area contributed by atoms with Crippen molar-refractivity contribution in [3.8, 4) is 17.0 Å². The number of pyridine rings is 1. The Kier molecular flexibility index (Phi) is 2.68. The summed E-state index contributed by atoms with van der Waals surface area (Å²) in [6.07, 6.45) is 5.96. The quantitative estimate of drug-likeness (QED) is 0.727. The van der Waals surface area contributed by atoms with Gasteiger partial charge in [-0.15, -0.1) is 0 Å². The second-order valence-electron chi connectivity index (χ2n) is 3.34. The van der Waals surface area contributed by atoms with E-state index in [1.165, 1.54) is 7.11 Å². The summed E-state index contributed by atoms with van der Waals surface area (Å²) in [7, 11) is 3.32. The number of aryl methyl sites for hydroxylation is 1. The molecule has 5 heteroatoms. The number of carbonyl (C=O) groups excluding carboxylic acids is 1. The minimum Gasteiger partial charge on any atom is -0.480 e. The van der Waals surface area contributed by atoms with E-state index in [1.807, 2.05) is 13.2 Å². The van der Waals surface area contributed by atoms with E-state index in [2.05, 4.69) is 10.1 Å². The van der Waals surface area contributed by atoms with Crippen LogP contribution in [0.1, 0.15) is 10.4 Å². The molecule has 0 amide bonds. The van der Waals surface area contributed by atoms with Crippen LogP contribution in [0.4, 0.5) is 0 Å². The highest BCUT2D eigenvalue weighted by atomic mass is 16.5. The molecule has 0 aliphatic carbocycles. The van der Waals surface area contributed by atoms with E-state index in [0.717, 1.165) is 17.4 Å². The van der Waals surface area contributed by atoms with Crippen LogP contribution in [-0.4, -0.2) is 28.2 Å². The van der Waals surface area contributed by atoms with Crippen LogP contribution in [0.25, 0.3) is 11.1 Å². The molecule has 0 spiro atoms. The highest BCUT2D eigenvalue weighted by Gasteiger charge is 2.07. The van der Waals surface area contributed by atoms with Gasteiger partial charge in [0.05, 0.1) is 18.9 Å². The summed E-state index contributed by atoms with van der Waals surface area (Å²) in [6.45, 7) is 0. The monoisotopic (exact) mass is 217 g/mol. The maximum Gasteiger partial charge on any atom is 0.223 e. The van der Waals surface area contributed by atoms with Crippen molar-refractivity contribution in [2.45, 2.75) is 0 Å². The van der Waals surface area contributed by atoms with Crippen LogP contribution in [0.3, 0.4) is 0 Å². The third-order valence-electron chi connectivity index (χ3n) is 2.24. The Hall–Kier alpha value is -2.17. The number of aldehydes is 1. The first kappa shape index (κ1) is 10.4. The molecular weight excluding hydrogens is 206 g/mol. The van der Waals surface area contributed by atoms with E-state index in [9.17, 15) is 4.79 Å². The van der Waals surface area contributed by atoms with Gasteiger partial charge in [0.2, 0.25) is 5.88 Å². The van der Waals surface area contributed by atoms with Gasteiger partial charge in [-0.05, 0) is 6.07 Å². The summed E-state index contributed by atoms with van der Waals surface area (Å²) in [5.74, 6) is 0.336. The minimum absolute atomic E-state index is 0.336. The summed E-state index contributed by atoms with van der Waals surface area (Å²) in [4.78, 5) is 14.9. The van der Waals surface area contributed by atoms with Crippen molar-refractivity contribution < 1.29 is 9.53 Å². The predicted octanol–water partition coefficient (Wildman–Crippen LogP) is 1.30. The molecule has 0 radical (unpaired) electrons. The number of ether oxygens (including phenoxy) is 1. The molecule has 0 atom stereocenters. The Bertz CT molecular complexity index is 520. The summed E-state index contributed by atoms with van der Waals surface area (Å²) in [5, 5.41) is 4.06. The molecule has 0 bridgehead atoms. The molecule has 2 aromatic rings. The summed E-state index contributed by atoms with van der Waals surface area (Å²) < 4.78 is 6.66. The van der Waals surface area contributed by atoms with Crippen LogP contribution in [0, 0.1) is 0 Å². The molecular formula is C11H11N3O2. The number of methoxy groups -OCH3 is 1. The van der Waals surface area contributed by atoms with E-state index in [0.29, 0.717) is 11.4 Å². The molecule has 0 aliphatic rings. The van der Waals surface area contributed by atoms with Crippen LogP contribution in [0.15, 0.2) is 24.7 Å². The lowest BCUT2D eigenvalue weighted by molar-refractivity contribution is 0.112. The second-order valence-corrected chi connectivity index (χ2v) is 3.34. The number of carbonyl (C=O) groups is 1. The molecule has 0 aliphatic heterocycles. The van der Waals surface area contributed by atoms with Crippen molar-refractivity contribution in [3.63, 3.8) is 0 Å². The highest BCUT2D eigenvalue weighted by molar-refractivity contribution is 5.81. The van der Waals surface area contributed by atoms with E-state index >= 15 is 0 Å². The maximum atomic E-state index is 10.8. The second kappa shape index (κ2) is 4.14. The van der Waals surface area contributed by atoms with Gasteiger partial charge in [0.1, 0.15) is 0 Å². The van der Waals surface area contributed by atoms with Gasteiger partial charge in [-0.2, -0.15) is 5.10 Å². The third kappa shape index (κ3) is 1.79. The molecule has 0 saturated carbocycles. The van der Waals surface area contributed by atoms with Gasteiger partial charge in [0, 0.05) is 30.6 Å². The van der Waals surface area contributed by atoms with E-state index in [-0.39, 0.29) is 0 Å². The zero-order chi connectivity index (χ0) is 11.5. The summed E-state index contributed by atoms with van der Waals surface area (Å²) >= 11 is 0. The molecule has 5 nitrogen and oxygen atoms in total. The van der Waals surface area contributed by atoms with Gasteiger partial charge in [0.25, 0.3) is 0 Å². The molecule has 0 aromatic carbocycles. The topological polar surface area (TPSA) is 57.0 Å². The first-order valence-electron chi connectivity index (χ1n) is 4.73. The average molecular weight is 217 g/mol. The Labute approximate surface area is 92.7 Å². The zero-order valence-electron chi connectivity index (χ0n) is 9.04. The number of hydrogen-bond donors (Lipinski definition) is 0. The summed E-state index contributed by atoms with van der Waals surface area (Å²) in [6, 6.07) is 1.73. The van der Waals surface area contributed by atoms with Crippen LogP contribution in [-0.2, 0) is 7.05 Å². The highest BCUT2D eigenvalue weighted by Crippen LogP contribution is 2.22. The van der Waals surface area contributed by atoms with Gasteiger partial charge in [-0.1, -0.05) is 0 Å². The van der Waals surface area contributed by atoms with Crippen molar-refractivity contribution >= 4 is 6.29 Å². The molecule has 0 unspecified atom stereocenters. The smallest absolute Gasteiger partial charge is 0.223 e. The van der Waals surface area contributed by atoms with Crippen molar-refractivity contribution in [2.75, 3.05) is 7.11 Å². The molecule has 0 saturated heterocycles. The molecule has 82 valence electrons. The molecule has 2 rings (SSSR count). The minimum atomic E-state index is 0.336. The summed E-state index contributed by atoms with van der Waals surface area (Å²) in [5.41, 5.74) is 2.20. The molecule has 2 aromatic heterocycles. The van der Waals surface area contributed by atoms with Gasteiger partial charge in [0.15, 0.2) is 6.29 Å². The van der Waals surface area contributed by atoms with Crippen LogP contribution in [0.5, 0.6) is 5.88 Å². The number of nitrogens with zero attached hydrogens (tertiary/aromatic N) is 3. The fourth-order valence-corrected chi connectivity index (χ4v) is 1.45. The van der Waals surface area contributed by atoms with Gasteiger partial charge < -0.3 is 4.74 Å². The Morgan fingerprint density at radius 2 is 2.19 bits per heavy atom. The Morgan fingerprint density at radius 3 is 2.75 bits per heavy atom. The zero-order valence-corrected chi connectivity index (χ0v) is 9.04. The predicted molar refractivity (Wildman–Crippen MR) is 58.4 cm³/mol. The van der Waals surface area contributed by atoms with Crippen LogP contribution >= 0.6 is 0 Å². The van der Waals surface area contributed by atoms with Crippen molar-refractivity contribution in [3.05, 3.63) is 30.2 Å². The average Bonchev–Trinajstić information content (AvgIpc) is 2.75. The van der Waals surface area contributed by atoms with Crippen LogP contribution in [0.2, 0.25) is 0 Å². The standard InChI is InChI=1S/C11H11N3O2/c1-14-6-10(5-13-14)8-3-9(7-15)11(16-2)12-4-8/h3-7H,1-2H3. The first-order valence-corrected chi connectivity index (χ1v) is 4.73. The van der Waals surface area contributed by atoms with Crippen molar-refractivity contribution in [1.82, 2.24) is 14.8 Å². The van der Waals surface area contributed by atoms with Crippen LogP contribution < -0.4 is 4.74 Å². The largest absolute Gasteiger partial charge is 0.480 e. The van der Waals surface area contributed by atoms with Crippen molar-refractivity contribution in [1.29, 1.82) is 0 Å². The van der Waals surface area contributed by atoms with Gasteiger partial charge in [-0.25, -0.2) is 4.98 Å². The van der Waals surface area contributed by atoms with E-state index in [1.54, 1.807) is 23.1 Å². The normalized spacial score (nSPS) is 10.1. The lowest BCUT2D eigenvalue weighted by atomic mass is 10.1. The fraction of sp³-hybridized carbons (Fsp3) is 0.182. The van der Waals surface area contributed by atoms with Gasteiger partial charge >= 0.3 is 0 Å². The molecule has 0 fully saturated rings. The van der Waals surface area contributed by atoms with Crippen molar-refractivity contribution in [2.24, 2.45) is 7.05 Å². The van der Waals surface area contributed by atoms with E-state index in [4.69, 9.17) is 4.74 Å². The third-order valence-corrected chi connectivity index (χ3v) is 2.24. The van der Waals surface area contributed by atoms with E-state index < -0.39 is 0 Å². The molecule has 16 heavy (non-hydrogen) atoms. The Morgan fingerprint density at radius 1 is 1.38 bits per heavy atom. The number of rotatable bonds is 3. The lowest BCUT2D eigenvalue weighted by Crippen LogP contribution is -1.94. The van der Waals surface area contributed by atoms with Gasteiger partial charge in [-0.3, -0.25) is 9.48 Å². The Balaban J connectivity index is 2.47. The first-order chi connectivity index (χ1) is 7.74. The maximum absolute atomic E-state index is 10.8. The SMILES string of the molecule is COc1ncc(-c2cnn(C)c2)cc1C=O. The fourth-order valence-electron chi connectivity index (χ4n) is 1.45.